The van der Waals surface area contributed by atoms with Gasteiger partial charge in [0.25, 0.3) is 0 Å². The topological polar surface area (TPSA) is 21.3 Å². The van der Waals surface area contributed by atoms with E-state index in [1.807, 2.05) is 18.2 Å². The van der Waals surface area contributed by atoms with Crippen molar-refractivity contribution in [2.75, 3.05) is 12.4 Å². The summed E-state index contributed by atoms with van der Waals surface area (Å²) in [5.41, 5.74) is 1.05. The van der Waals surface area contributed by atoms with Gasteiger partial charge in [-0.3, -0.25) is 0 Å². The summed E-state index contributed by atoms with van der Waals surface area (Å²) in [5.74, 6) is 0.856. The Kier molecular flexibility index (Phi) is 4.07. The zero-order chi connectivity index (χ0) is 12.3. The summed E-state index contributed by atoms with van der Waals surface area (Å²) in [6.07, 6.45) is 0. The van der Waals surface area contributed by atoms with Crippen molar-refractivity contribution in [1.29, 1.82) is 0 Å². The summed E-state index contributed by atoms with van der Waals surface area (Å²) in [4.78, 5) is 1.32. The zero-order valence-corrected chi connectivity index (χ0v) is 12.1. The van der Waals surface area contributed by atoms with Gasteiger partial charge in [-0.15, -0.1) is 11.3 Å². The second-order valence-electron chi connectivity index (χ2n) is 3.73. The van der Waals surface area contributed by atoms with E-state index in [2.05, 4.69) is 45.7 Å². The van der Waals surface area contributed by atoms with Crippen LogP contribution in [0.5, 0.6) is 5.75 Å². The van der Waals surface area contributed by atoms with Crippen LogP contribution in [-0.4, -0.2) is 7.11 Å². The molecule has 0 bridgehead atoms. The van der Waals surface area contributed by atoms with Crippen molar-refractivity contribution in [2.45, 2.75) is 13.0 Å². The molecule has 0 radical (unpaired) electrons. The number of thiophene rings is 1. The Hall–Kier alpha value is -1.00. The first-order valence-corrected chi connectivity index (χ1v) is 7.01. The molecule has 0 saturated heterocycles. The molecule has 2 nitrogen and oxygen atoms in total. The molecule has 1 aromatic carbocycles. The Balaban J connectivity index is 2.18. The third kappa shape index (κ3) is 3.01. The second-order valence-corrected chi connectivity index (χ2v) is 5.56. The molecule has 1 unspecified atom stereocenters. The highest BCUT2D eigenvalue weighted by molar-refractivity contribution is 9.10. The molecular formula is C13H14BrNOS. The molecule has 0 aliphatic heterocycles. The Morgan fingerprint density at radius 3 is 2.82 bits per heavy atom. The first-order chi connectivity index (χ1) is 8.20. The van der Waals surface area contributed by atoms with E-state index in [1.165, 1.54) is 4.88 Å². The van der Waals surface area contributed by atoms with Gasteiger partial charge < -0.3 is 10.1 Å². The lowest BCUT2D eigenvalue weighted by atomic mass is 10.2. The van der Waals surface area contributed by atoms with Crippen molar-refractivity contribution in [3.8, 4) is 5.75 Å². The van der Waals surface area contributed by atoms with Crippen molar-refractivity contribution in [3.05, 3.63) is 45.1 Å². The van der Waals surface area contributed by atoms with Crippen LogP contribution in [0.2, 0.25) is 0 Å². The van der Waals surface area contributed by atoms with Crippen LogP contribution in [0.25, 0.3) is 0 Å². The quantitative estimate of drug-likeness (QED) is 0.884. The molecule has 2 aromatic rings. The van der Waals surface area contributed by atoms with Gasteiger partial charge in [-0.25, -0.2) is 0 Å². The van der Waals surface area contributed by atoms with Gasteiger partial charge in [0.1, 0.15) is 5.75 Å². The van der Waals surface area contributed by atoms with Gasteiger partial charge in [-0.2, -0.15) is 0 Å². The fourth-order valence-corrected chi connectivity index (χ4v) is 2.68. The summed E-state index contributed by atoms with van der Waals surface area (Å²) in [6, 6.07) is 10.4. The molecule has 1 N–H and O–H groups in total. The number of hydrogen-bond acceptors (Lipinski definition) is 3. The molecule has 1 aromatic heterocycles. The average Bonchev–Trinajstić information content (AvgIpc) is 2.85. The van der Waals surface area contributed by atoms with Crippen molar-refractivity contribution in [1.82, 2.24) is 0 Å². The molecule has 2 rings (SSSR count). The smallest absolute Gasteiger partial charge is 0.121 e. The number of ether oxygens (including phenoxy) is 1. The molecule has 90 valence electrons. The highest BCUT2D eigenvalue weighted by Crippen LogP contribution is 2.31. The molecule has 4 heteroatoms. The first-order valence-electron chi connectivity index (χ1n) is 5.34. The summed E-state index contributed by atoms with van der Waals surface area (Å²) < 4.78 is 6.27. The second kappa shape index (κ2) is 5.56. The van der Waals surface area contributed by atoms with Crippen molar-refractivity contribution in [3.63, 3.8) is 0 Å². The maximum absolute atomic E-state index is 5.22. The van der Waals surface area contributed by atoms with Crippen molar-refractivity contribution < 1.29 is 4.74 Å². The van der Waals surface area contributed by atoms with E-state index in [1.54, 1.807) is 18.4 Å². The lowest BCUT2D eigenvalue weighted by molar-refractivity contribution is 0.415. The highest BCUT2D eigenvalue weighted by Gasteiger charge is 2.09. The minimum absolute atomic E-state index is 0.290. The molecule has 0 amide bonds. The number of benzene rings is 1. The standard InChI is InChI=1S/C13H14BrNOS/c1-9(13-4-3-7-17-13)15-12-8-10(16-2)5-6-11(12)14/h3-9,15H,1-2H3. The SMILES string of the molecule is COc1ccc(Br)c(NC(C)c2cccs2)c1. The van der Waals surface area contributed by atoms with Gasteiger partial charge in [0, 0.05) is 15.4 Å². The van der Waals surface area contributed by atoms with E-state index in [0.29, 0.717) is 6.04 Å². The van der Waals surface area contributed by atoms with Crippen LogP contribution < -0.4 is 10.1 Å². The minimum Gasteiger partial charge on any atom is -0.497 e. The molecule has 1 heterocycles. The number of rotatable bonds is 4. The summed E-state index contributed by atoms with van der Waals surface area (Å²) in [5, 5.41) is 5.56. The first kappa shape index (κ1) is 12.5. The van der Waals surface area contributed by atoms with Crippen molar-refractivity contribution in [2.24, 2.45) is 0 Å². The molecule has 1 atom stereocenters. The fraction of sp³-hybridized carbons (Fsp3) is 0.231. The van der Waals surface area contributed by atoms with Crippen LogP contribution in [0.15, 0.2) is 40.2 Å². The highest BCUT2D eigenvalue weighted by atomic mass is 79.9. The van der Waals surface area contributed by atoms with E-state index in [4.69, 9.17) is 4.74 Å². The Morgan fingerprint density at radius 1 is 1.35 bits per heavy atom. The predicted molar refractivity (Wildman–Crippen MR) is 77.1 cm³/mol. The summed E-state index contributed by atoms with van der Waals surface area (Å²) in [7, 11) is 1.68. The van der Waals surface area contributed by atoms with E-state index < -0.39 is 0 Å². The van der Waals surface area contributed by atoms with Crippen LogP contribution in [0.1, 0.15) is 17.8 Å². The van der Waals surface area contributed by atoms with Gasteiger partial charge in [0.15, 0.2) is 0 Å². The van der Waals surface area contributed by atoms with Gasteiger partial charge in [-0.1, -0.05) is 6.07 Å². The molecule has 17 heavy (non-hydrogen) atoms. The van der Waals surface area contributed by atoms with Gasteiger partial charge in [0.05, 0.1) is 18.8 Å². The van der Waals surface area contributed by atoms with Crippen LogP contribution in [0.4, 0.5) is 5.69 Å². The molecule has 0 saturated carbocycles. The largest absolute Gasteiger partial charge is 0.497 e. The lowest BCUT2D eigenvalue weighted by Crippen LogP contribution is -2.05. The van der Waals surface area contributed by atoms with Gasteiger partial charge in [-0.05, 0) is 46.4 Å². The maximum atomic E-state index is 5.22. The van der Waals surface area contributed by atoms with E-state index in [9.17, 15) is 0 Å². The summed E-state index contributed by atoms with van der Waals surface area (Å²) in [6.45, 7) is 2.15. The van der Waals surface area contributed by atoms with E-state index in [-0.39, 0.29) is 0 Å². The number of methoxy groups -OCH3 is 1. The molecule has 0 spiro atoms. The maximum Gasteiger partial charge on any atom is 0.121 e. The van der Waals surface area contributed by atoms with Crippen LogP contribution >= 0.6 is 27.3 Å². The van der Waals surface area contributed by atoms with Crippen LogP contribution in [0.3, 0.4) is 0 Å². The van der Waals surface area contributed by atoms with E-state index >= 15 is 0 Å². The normalized spacial score (nSPS) is 12.2. The van der Waals surface area contributed by atoms with E-state index in [0.717, 1.165) is 15.9 Å². The Bertz CT molecular complexity index is 484. The molecular weight excluding hydrogens is 298 g/mol. The minimum atomic E-state index is 0.290. The third-order valence-electron chi connectivity index (χ3n) is 2.52. The number of halogens is 1. The van der Waals surface area contributed by atoms with Crippen LogP contribution in [-0.2, 0) is 0 Å². The Labute approximate surface area is 114 Å². The van der Waals surface area contributed by atoms with Crippen molar-refractivity contribution >= 4 is 33.0 Å². The number of anilines is 1. The monoisotopic (exact) mass is 311 g/mol. The molecule has 0 aliphatic rings. The number of nitrogens with one attached hydrogen (secondary N) is 1. The molecule has 0 fully saturated rings. The third-order valence-corrected chi connectivity index (χ3v) is 4.26. The van der Waals surface area contributed by atoms with Crippen LogP contribution in [0, 0.1) is 0 Å². The molecule has 0 aliphatic carbocycles. The predicted octanol–water partition coefficient (Wildman–Crippen LogP) is 4.69. The summed E-state index contributed by atoms with van der Waals surface area (Å²) >= 11 is 5.29. The lowest BCUT2D eigenvalue weighted by Gasteiger charge is -2.15. The zero-order valence-electron chi connectivity index (χ0n) is 9.74. The Morgan fingerprint density at radius 2 is 2.18 bits per heavy atom. The van der Waals surface area contributed by atoms with Gasteiger partial charge >= 0.3 is 0 Å². The number of hydrogen-bond donors (Lipinski definition) is 1. The van der Waals surface area contributed by atoms with Gasteiger partial charge in [0.2, 0.25) is 0 Å². The fourth-order valence-electron chi connectivity index (χ4n) is 1.58. The average molecular weight is 312 g/mol.